The van der Waals surface area contributed by atoms with E-state index in [1.165, 1.54) is 6.92 Å². The number of rotatable bonds is 12. The van der Waals surface area contributed by atoms with Crippen molar-refractivity contribution in [3.63, 3.8) is 0 Å². The highest BCUT2D eigenvalue weighted by Gasteiger charge is 2.34. The van der Waals surface area contributed by atoms with Gasteiger partial charge in [-0.3, -0.25) is 19.2 Å². The van der Waals surface area contributed by atoms with E-state index in [0.717, 1.165) is 0 Å². The van der Waals surface area contributed by atoms with Crippen molar-refractivity contribution in [1.82, 2.24) is 21.3 Å². The molecule has 0 bridgehead atoms. The molecule has 0 heterocycles. The fourth-order valence-electron chi connectivity index (χ4n) is 2.80. The van der Waals surface area contributed by atoms with E-state index in [9.17, 15) is 19.2 Å². The summed E-state index contributed by atoms with van der Waals surface area (Å²) in [5.74, 6) is -1.92. The van der Waals surface area contributed by atoms with Crippen LogP contribution in [0.25, 0.3) is 0 Å². The van der Waals surface area contributed by atoms with Crippen LogP contribution in [-0.4, -0.2) is 48.3 Å². The molecule has 30 heavy (non-hydrogen) atoms. The van der Waals surface area contributed by atoms with Gasteiger partial charge in [-0.2, -0.15) is 0 Å². The number of primary amides is 1. The summed E-state index contributed by atoms with van der Waals surface area (Å²) in [6.07, 6.45) is 0.774. The third-order valence-corrected chi connectivity index (χ3v) is 4.40. The second kappa shape index (κ2) is 12.0. The summed E-state index contributed by atoms with van der Waals surface area (Å²) in [6.45, 7) is 14.2. The highest BCUT2D eigenvalue weighted by atomic mass is 16.2. The van der Waals surface area contributed by atoms with Crippen molar-refractivity contribution >= 4 is 23.6 Å². The monoisotopic (exact) mass is 426 g/mol. The van der Waals surface area contributed by atoms with E-state index in [4.69, 9.17) is 11.5 Å². The largest absolute Gasteiger partial charge is 0.386 e. The molecule has 10 nitrogen and oxygen atoms in total. The zero-order valence-electron chi connectivity index (χ0n) is 18.9. The lowest BCUT2D eigenvalue weighted by atomic mass is 9.86. The molecule has 0 spiro atoms. The lowest BCUT2D eigenvalue weighted by Gasteiger charge is -2.31. The first-order valence-corrected chi connectivity index (χ1v) is 10.0. The quantitative estimate of drug-likeness (QED) is 0.229. The zero-order valence-corrected chi connectivity index (χ0v) is 18.9. The number of carbonyl (C=O) groups is 4. The molecular weight excluding hydrogens is 388 g/mol. The van der Waals surface area contributed by atoms with Gasteiger partial charge in [0.15, 0.2) is 0 Å². The van der Waals surface area contributed by atoms with Crippen LogP contribution in [0.2, 0.25) is 0 Å². The SMILES string of the molecule is C=C(N)NCCC[C@H](NC(=O)[C@@H](NC(C)=O)C(C)C)C(=O)N[C@H](C(N)=O)C(C)(C)C. The van der Waals surface area contributed by atoms with Crippen molar-refractivity contribution in [2.45, 2.75) is 72.5 Å². The number of nitrogens with two attached hydrogens (primary N) is 2. The maximum absolute atomic E-state index is 12.9. The van der Waals surface area contributed by atoms with Crippen LogP contribution in [-0.2, 0) is 19.2 Å². The Morgan fingerprint density at radius 1 is 0.967 bits per heavy atom. The van der Waals surface area contributed by atoms with E-state index in [1.54, 1.807) is 34.6 Å². The Morgan fingerprint density at radius 2 is 1.53 bits per heavy atom. The van der Waals surface area contributed by atoms with Gasteiger partial charge < -0.3 is 32.7 Å². The standard InChI is InChI=1S/C20H38N6O4/c1-11(2)15(24-13(4)27)19(30)25-14(9-8-10-23-12(3)21)18(29)26-16(17(22)28)20(5,6)7/h11,14-16,23H,3,8-10,21H2,1-2,4-7H3,(H2,22,28)(H,24,27)(H,25,30)(H,26,29)/t14-,15-,16+/m0/s1. The molecule has 0 saturated carbocycles. The summed E-state index contributed by atoms with van der Waals surface area (Å²) in [4.78, 5) is 48.9. The minimum atomic E-state index is -0.926. The number of hydrogen-bond donors (Lipinski definition) is 6. The molecular formula is C20H38N6O4. The predicted octanol–water partition coefficient (Wildman–Crippen LogP) is -0.552. The van der Waals surface area contributed by atoms with Crippen molar-refractivity contribution in [2.24, 2.45) is 22.8 Å². The molecule has 0 aromatic heterocycles. The highest BCUT2D eigenvalue weighted by molar-refractivity contribution is 5.94. The molecule has 0 aliphatic rings. The fourth-order valence-corrected chi connectivity index (χ4v) is 2.80. The summed E-state index contributed by atoms with van der Waals surface area (Å²) in [5, 5.41) is 10.8. The Morgan fingerprint density at radius 3 is 1.93 bits per heavy atom. The van der Waals surface area contributed by atoms with Gasteiger partial charge in [-0.1, -0.05) is 41.2 Å². The topological polar surface area (TPSA) is 168 Å². The molecule has 0 rings (SSSR count). The molecule has 3 atom stereocenters. The van der Waals surface area contributed by atoms with Crippen molar-refractivity contribution < 1.29 is 19.2 Å². The van der Waals surface area contributed by atoms with Gasteiger partial charge in [-0.15, -0.1) is 0 Å². The first kappa shape index (κ1) is 27.2. The molecule has 0 aromatic carbocycles. The van der Waals surface area contributed by atoms with Crippen molar-refractivity contribution in [1.29, 1.82) is 0 Å². The highest BCUT2D eigenvalue weighted by Crippen LogP contribution is 2.19. The molecule has 0 saturated heterocycles. The van der Waals surface area contributed by atoms with Gasteiger partial charge in [0.2, 0.25) is 23.6 Å². The average molecular weight is 427 g/mol. The number of carbonyl (C=O) groups excluding carboxylic acids is 4. The van der Waals surface area contributed by atoms with E-state index in [0.29, 0.717) is 18.8 Å². The molecule has 0 unspecified atom stereocenters. The third-order valence-electron chi connectivity index (χ3n) is 4.40. The van der Waals surface area contributed by atoms with Crippen LogP contribution in [0.4, 0.5) is 0 Å². The Bertz CT molecular complexity index is 642. The van der Waals surface area contributed by atoms with Crippen LogP contribution in [0.15, 0.2) is 12.4 Å². The number of amides is 4. The van der Waals surface area contributed by atoms with Crippen LogP contribution in [0.5, 0.6) is 0 Å². The van der Waals surface area contributed by atoms with Gasteiger partial charge in [-0.25, -0.2) is 0 Å². The van der Waals surface area contributed by atoms with Gasteiger partial charge in [0.1, 0.15) is 18.1 Å². The fraction of sp³-hybridized carbons (Fsp3) is 0.700. The van der Waals surface area contributed by atoms with E-state index >= 15 is 0 Å². The molecule has 0 aliphatic heterocycles. The van der Waals surface area contributed by atoms with Crippen LogP contribution in [0.3, 0.4) is 0 Å². The predicted molar refractivity (Wildman–Crippen MR) is 116 cm³/mol. The van der Waals surface area contributed by atoms with Gasteiger partial charge in [0.25, 0.3) is 0 Å². The van der Waals surface area contributed by atoms with Crippen LogP contribution >= 0.6 is 0 Å². The molecule has 0 radical (unpaired) electrons. The molecule has 4 amide bonds. The van der Waals surface area contributed by atoms with Crippen molar-refractivity contribution in [2.75, 3.05) is 6.54 Å². The minimum absolute atomic E-state index is 0.187. The van der Waals surface area contributed by atoms with Gasteiger partial charge in [0.05, 0.1) is 5.82 Å². The molecule has 8 N–H and O–H groups in total. The van der Waals surface area contributed by atoms with Crippen LogP contribution in [0, 0.1) is 11.3 Å². The van der Waals surface area contributed by atoms with Gasteiger partial charge in [0, 0.05) is 13.5 Å². The molecule has 10 heteroatoms. The second-order valence-electron chi connectivity index (χ2n) is 8.79. The van der Waals surface area contributed by atoms with Gasteiger partial charge >= 0.3 is 0 Å². The minimum Gasteiger partial charge on any atom is -0.386 e. The van der Waals surface area contributed by atoms with E-state index in [-0.39, 0.29) is 18.2 Å². The normalized spacial score (nSPS) is 14.2. The second-order valence-corrected chi connectivity index (χ2v) is 8.79. The molecule has 0 aromatic rings. The Kier molecular flexibility index (Phi) is 10.9. The first-order valence-electron chi connectivity index (χ1n) is 10.0. The first-order chi connectivity index (χ1) is 13.7. The summed E-state index contributed by atoms with van der Waals surface area (Å²) >= 11 is 0. The summed E-state index contributed by atoms with van der Waals surface area (Å²) in [6, 6.07) is -2.64. The van der Waals surface area contributed by atoms with E-state index in [1.807, 2.05) is 0 Å². The summed E-state index contributed by atoms with van der Waals surface area (Å²) in [7, 11) is 0. The Balaban J connectivity index is 5.44. The number of hydrogen-bond acceptors (Lipinski definition) is 6. The van der Waals surface area contributed by atoms with E-state index in [2.05, 4.69) is 27.8 Å². The van der Waals surface area contributed by atoms with Crippen LogP contribution < -0.4 is 32.7 Å². The van der Waals surface area contributed by atoms with Crippen LogP contribution in [0.1, 0.15) is 54.4 Å². The molecule has 172 valence electrons. The average Bonchev–Trinajstić information content (AvgIpc) is 2.57. The Hall–Kier alpha value is -2.78. The maximum Gasteiger partial charge on any atom is 0.243 e. The molecule has 0 fully saturated rings. The van der Waals surface area contributed by atoms with Gasteiger partial charge in [-0.05, 0) is 24.2 Å². The smallest absolute Gasteiger partial charge is 0.243 e. The van der Waals surface area contributed by atoms with Crippen molar-refractivity contribution in [3.8, 4) is 0 Å². The Labute approximate surface area is 179 Å². The van der Waals surface area contributed by atoms with E-state index < -0.39 is 41.3 Å². The number of nitrogens with one attached hydrogen (secondary N) is 4. The van der Waals surface area contributed by atoms with Crippen molar-refractivity contribution in [3.05, 3.63) is 12.4 Å². The lowest BCUT2D eigenvalue weighted by molar-refractivity contribution is -0.134. The third kappa shape index (κ3) is 10.1. The maximum atomic E-state index is 12.9. The summed E-state index contributed by atoms with van der Waals surface area (Å²) in [5.41, 5.74) is 10.3. The molecule has 0 aliphatic carbocycles. The summed E-state index contributed by atoms with van der Waals surface area (Å²) < 4.78 is 0. The zero-order chi connectivity index (χ0) is 23.6. The lowest BCUT2D eigenvalue weighted by Crippen LogP contribution is -2.59.